The molecule has 1 amide bonds. The van der Waals surface area contributed by atoms with E-state index in [1.165, 1.54) is 15.4 Å². The SMILES string of the molecule is CC(C)c1ccc2c(c1)CCN(S(=O)(=O)CC([C@@H]1COC(C)(C)O1)N(O)C=O)C2. The van der Waals surface area contributed by atoms with Crippen LogP contribution in [-0.4, -0.2) is 66.2 Å². The van der Waals surface area contributed by atoms with Crippen LogP contribution in [0.4, 0.5) is 0 Å². The Morgan fingerprint density at radius 2 is 2.07 bits per heavy atom. The Morgan fingerprint density at radius 3 is 2.66 bits per heavy atom. The zero-order valence-corrected chi connectivity index (χ0v) is 18.2. The summed E-state index contributed by atoms with van der Waals surface area (Å²) in [5, 5.41) is 10.4. The van der Waals surface area contributed by atoms with Crippen molar-refractivity contribution in [2.24, 2.45) is 0 Å². The number of benzene rings is 1. The van der Waals surface area contributed by atoms with Crippen LogP contribution in [0.3, 0.4) is 0 Å². The van der Waals surface area contributed by atoms with Crippen molar-refractivity contribution in [1.29, 1.82) is 0 Å². The van der Waals surface area contributed by atoms with Crippen LogP contribution in [0, 0.1) is 0 Å². The maximum Gasteiger partial charge on any atom is 0.233 e. The van der Waals surface area contributed by atoms with E-state index in [1.54, 1.807) is 13.8 Å². The average molecular weight is 427 g/mol. The number of carbonyl (C=O) groups excluding carboxylic acids is 1. The van der Waals surface area contributed by atoms with Crippen LogP contribution in [0.2, 0.25) is 0 Å². The third kappa shape index (κ3) is 4.97. The van der Waals surface area contributed by atoms with Gasteiger partial charge in [0.2, 0.25) is 16.4 Å². The first-order chi connectivity index (χ1) is 13.5. The Labute approximate surface area is 172 Å². The Morgan fingerprint density at radius 1 is 1.34 bits per heavy atom. The van der Waals surface area contributed by atoms with E-state index < -0.39 is 33.7 Å². The number of hydroxylamine groups is 2. The van der Waals surface area contributed by atoms with Gasteiger partial charge >= 0.3 is 0 Å². The van der Waals surface area contributed by atoms with E-state index in [2.05, 4.69) is 19.9 Å². The Bertz CT molecular complexity index is 855. The summed E-state index contributed by atoms with van der Waals surface area (Å²) in [6.07, 6.45) is 0.0980. The summed E-state index contributed by atoms with van der Waals surface area (Å²) in [5.41, 5.74) is 3.40. The summed E-state index contributed by atoms with van der Waals surface area (Å²) < 4.78 is 38.8. The minimum Gasteiger partial charge on any atom is -0.348 e. The second kappa shape index (κ2) is 8.31. The molecule has 2 aliphatic rings. The minimum absolute atomic E-state index is 0.0961. The molecule has 1 saturated heterocycles. The van der Waals surface area contributed by atoms with Gasteiger partial charge in [0.1, 0.15) is 12.1 Å². The molecule has 2 atom stereocenters. The summed E-state index contributed by atoms with van der Waals surface area (Å²) in [6.45, 7) is 8.41. The van der Waals surface area contributed by atoms with Crippen molar-refractivity contribution in [3.8, 4) is 0 Å². The van der Waals surface area contributed by atoms with Crippen molar-refractivity contribution in [2.75, 3.05) is 18.9 Å². The summed E-state index contributed by atoms with van der Waals surface area (Å²) >= 11 is 0. The molecule has 1 fully saturated rings. The fourth-order valence-electron chi connectivity index (χ4n) is 3.80. The number of ether oxygens (including phenoxy) is 2. The van der Waals surface area contributed by atoms with Crippen molar-refractivity contribution < 1.29 is 27.9 Å². The van der Waals surface area contributed by atoms with Gasteiger partial charge in [-0.3, -0.25) is 10.0 Å². The van der Waals surface area contributed by atoms with Crippen LogP contribution in [0.5, 0.6) is 0 Å². The minimum atomic E-state index is -3.74. The zero-order valence-electron chi connectivity index (χ0n) is 17.4. The quantitative estimate of drug-likeness (QED) is 0.406. The van der Waals surface area contributed by atoms with Gasteiger partial charge in [0, 0.05) is 13.1 Å². The van der Waals surface area contributed by atoms with Crippen molar-refractivity contribution in [2.45, 2.75) is 64.5 Å². The molecule has 2 aliphatic heterocycles. The molecular weight excluding hydrogens is 396 g/mol. The maximum absolute atomic E-state index is 13.1. The lowest BCUT2D eigenvalue weighted by Crippen LogP contribution is -2.50. The summed E-state index contributed by atoms with van der Waals surface area (Å²) in [6, 6.07) is 5.13. The highest BCUT2D eigenvalue weighted by atomic mass is 32.2. The number of rotatable bonds is 7. The van der Waals surface area contributed by atoms with Gasteiger partial charge in [-0.2, -0.15) is 4.31 Å². The van der Waals surface area contributed by atoms with Crippen molar-refractivity contribution in [3.05, 3.63) is 34.9 Å². The lowest BCUT2D eigenvalue weighted by Gasteiger charge is -2.32. The molecule has 0 spiro atoms. The smallest absolute Gasteiger partial charge is 0.233 e. The molecule has 1 N–H and O–H groups in total. The van der Waals surface area contributed by atoms with Crippen LogP contribution in [0.15, 0.2) is 18.2 Å². The molecule has 1 unspecified atom stereocenters. The largest absolute Gasteiger partial charge is 0.348 e. The molecule has 0 saturated carbocycles. The van der Waals surface area contributed by atoms with Crippen LogP contribution >= 0.6 is 0 Å². The van der Waals surface area contributed by atoms with Crippen LogP contribution < -0.4 is 0 Å². The number of amides is 1. The molecule has 3 rings (SSSR count). The van der Waals surface area contributed by atoms with E-state index in [4.69, 9.17) is 9.47 Å². The Kier molecular flexibility index (Phi) is 6.35. The molecule has 162 valence electrons. The van der Waals surface area contributed by atoms with Crippen molar-refractivity contribution in [3.63, 3.8) is 0 Å². The molecule has 0 aromatic heterocycles. The van der Waals surface area contributed by atoms with Crippen LogP contribution in [0.25, 0.3) is 0 Å². The molecule has 8 nitrogen and oxygen atoms in total. The number of carbonyl (C=O) groups is 1. The standard InChI is InChI=1S/C20H30N2O6S/c1-14(2)15-5-6-17-10-21(8-7-16(17)9-15)29(25,26)12-18(22(24)13-23)19-11-27-20(3,4)28-19/h5-6,9,13-14,18-19,24H,7-8,10-12H2,1-4H3/t18?,19-/m0/s1. The van der Waals surface area contributed by atoms with Gasteiger partial charge in [-0.05, 0) is 42.9 Å². The summed E-state index contributed by atoms with van der Waals surface area (Å²) in [4.78, 5) is 11.1. The monoisotopic (exact) mass is 426 g/mol. The van der Waals surface area contributed by atoms with Crippen molar-refractivity contribution >= 4 is 16.4 Å². The Balaban J connectivity index is 1.76. The predicted octanol–water partition coefficient (Wildman–Crippen LogP) is 1.87. The number of hydrogen-bond acceptors (Lipinski definition) is 6. The topological polar surface area (TPSA) is 96.4 Å². The van der Waals surface area contributed by atoms with Gasteiger partial charge < -0.3 is 9.47 Å². The second-order valence-corrected chi connectivity index (χ2v) is 10.5. The van der Waals surface area contributed by atoms with Gasteiger partial charge in [0.15, 0.2) is 5.79 Å². The molecule has 0 radical (unpaired) electrons. The third-order valence-electron chi connectivity index (χ3n) is 5.56. The third-order valence-corrected chi connectivity index (χ3v) is 7.42. The van der Waals surface area contributed by atoms with E-state index in [1.807, 2.05) is 12.1 Å². The first-order valence-electron chi connectivity index (χ1n) is 9.86. The van der Waals surface area contributed by atoms with E-state index in [-0.39, 0.29) is 19.6 Å². The van der Waals surface area contributed by atoms with Gasteiger partial charge in [-0.1, -0.05) is 32.0 Å². The molecule has 0 aliphatic carbocycles. The highest BCUT2D eigenvalue weighted by Gasteiger charge is 2.43. The zero-order chi connectivity index (χ0) is 21.4. The number of nitrogens with zero attached hydrogens (tertiary/aromatic N) is 2. The maximum atomic E-state index is 13.1. The summed E-state index contributed by atoms with van der Waals surface area (Å²) in [7, 11) is -3.74. The molecule has 9 heteroatoms. The van der Waals surface area contributed by atoms with Crippen LogP contribution in [-0.2, 0) is 37.3 Å². The van der Waals surface area contributed by atoms with Gasteiger partial charge in [0.05, 0.1) is 12.4 Å². The molecular formula is C20H30N2O6S. The van der Waals surface area contributed by atoms with Gasteiger partial charge in [-0.15, -0.1) is 0 Å². The fraction of sp³-hybridized carbons (Fsp3) is 0.650. The first kappa shape index (κ1) is 22.2. The Hall–Kier alpha value is -1.52. The number of sulfonamides is 1. The van der Waals surface area contributed by atoms with Gasteiger partial charge in [0.25, 0.3) is 0 Å². The lowest BCUT2D eigenvalue weighted by atomic mass is 9.94. The van der Waals surface area contributed by atoms with E-state index in [0.29, 0.717) is 23.9 Å². The summed E-state index contributed by atoms with van der Waals surface area (Å²) in [5.74, 6) is -0.917. The first-order valence-corrected chi connectivity index (χ1v) is 11.5. The normalized spacial score (nSPS) is 23.0. The average Bonchev–Trinajstić information content (AvgIpc) is 3.04. The van der Waals surface area contributed by atoms with E-state index >= 15 is 0 Å². The molecule has 29 heavy (non-hydrogen) atoms. The van der Waals surface area contributed by atoms with E-state index in [9.17, 15) is 18.4 Å². The highest BCUT2D eigenvalue weighted by Crippen LogP contribution is 2.29. The predicted molar refractivity (Wildman–Crippen MR) is 107 cm³/mol. The molecule has 2 heterocycles. The molecule has 0 bridgehead atoms. The van der Waals surface area contributed by atoms with Crippen LogP contribution in [0.1, 0.15) is 50.3 Å². The molecule has 1 aromatic rings. The fourth-order valence-corrected chi connectivity index (χ4v) is 5.52. The number of fused-ring (bicyclic) bond motifs is 1. The van der Waals surface area contributed by atoms with E-state index in [0.717, 1.165) is 5.56 Å². The second-order valence-electron chi connectivity index (χ2n) is 8.46. The van der Waals surface area contributed by atoms with Gasteiger partial charge in [-0.25, -0.2) is 13.5 Å². The highest BCUT2D eigenvalue weighted by molar-refractivity contribution is 7.89. The molecule has 1 aromatic carbocycles. The van der Waals surface area contributed by atoms with Crippen molar-refractivity contribution in [1.82, 2.24) is 9.37 Å². The number of hydrogen-bond donors (Lipinski definition) is 1. The lowest BCUT2D eigenvalue weighted by molar-refractivity contribution is -0.182.